The first kappa shape index (κ1) is 13.8. The molecule has 0 aliphatic carbocycles. The summed E-state index contributed by atoms with van der Waals surface area (Å²) in [6.07, 6.45) is 1.25. The largest absolute Gasteiger partial charge is 0.399 e. The van der Waals surface area contributed by atoms with Gasteiger partial charge in [-0.1, -0.05) is 20.3 Å². The minimum Gasteiger partial charge on any atom is -0.399 e. The van der Waals surface area contributed by atoms with Gasteiger partial charge in [-0.25, -0.2) is 0 Å². The number of nitrogens with two attached hydrogens (primary N) is 1. The third-order valence-corrected chi connectivity index (χ3v) is 2.57. The average molecular weight is 236 g/mol. The number of ether oxygens (including phenoxy) is 1. The summed E-state index contributed by atoms with van der Waals surface area (Å²) in [6, 6.07) is 6.07. The van der Waals surface area contributed by atoms with Gasteiger partial charge >= 0.3 is 0 Å². The second-order valence-electron chi connectivity index (χ2n) is 4.35. The topological polar surface area (TPSA) is 38.5 Å². The van der Waals surface area contributed by atoms with Crippen LogP contribution in [0.25, 0.3) is 0 Å². The standard InChI is InChI=1S/C11H16N2O.C3H8/c1-9-8-10(12)2-3-11(9)13-4-6-14-7-5-13;1-3-2/h2-3,8H,4-7,12H2,1H3;3H2,1-2H3. The number of hydrogen-bond donors (Lipinski definition) is 1. The van der Waals surface area contributed by atoms with Crippen molar-refractivity contribution in [1.82, 2.24) is 0 Å². The van der Waals surface area contributed by atoms with Gasteiger partial charge in [-0.2, -0.15) is 0 Å². The Kier molecular flexibility index (Phi) is 5.84. The predicted octanol–water partition coefficient (Wildman–Crippen LogP) is 2.83. The molecule has 1 aliphatic heterocycles. The number of morpholine rings is 1. The van der Waals surface area contributed by atoms with Gasteiger partial charge in [0, 0.05) is 24.5 Å². The van der Waals surface area contributed by atoms with Crippen molar-refractivity contribution in [3.05, 3.63) is 23.8 Å². The Morgan fingerprint density at radius 2 is 1.82 bits per heavy atom. The van der Waals surface area contributed by atoms with Gasteiger partial charge in [0.1, 0.15) is 0 Å². The molecule has 0 spiro atoms. The number of hydrogen-bond acceptors (Lipinski definition) is 3. The highest BCUT2D eigenvalue weighted by Crippen LogP contribution is 2.22. The molecule has 0 saturated carbocycles. The van der Waals surface area contributed by atoms with E-state index in [4.69, 9.17) is 10.5 Å². The van der Waals surface area contributed by atoms with Crippen LogP contribution in [0.2, 0.25) is 0 Å². The Labute approximate surface area is 105 Å². The summed E-state index contributed by atoms with van der Waals surface area (Å²) in [5, 5.41) is 0. The number of nitrogen functional groups attached to an aromatic ring is 1. The lowest BCUT2D eigenvalue weighted by atomic mass is 10.1. The summed E-state index contributed by atoms with van der Waals surface area (Å²) >= 11 is 0. The monoisotopic (exact) mass is 236 g/mol. The third-order valence-electron chi connectivity index (χ3n) is 2.57. The van der Waals surface area contributed by atoms with Crippen LogP contribution >= 0.6 is 0 Å². The maximum atomic E-state index is 5.71. The van der Waals surface area contributed by atoms with E-state index >= 15 is 0 Å². The molecule has 0 aromatic heterocycles. The normalized spacial score (nSPS) is 15.1. The zero-order chi connectivity index (χ0) is 12.7. The molecule has 1 fully saturated rings. The molecule has 96 valence electrons. The molecule has 0 atom stereocenters. The van der Waals surface area contributed by atoms with E-state index in [1.807, 2.05) is 12.1 Å². The van der Waals surface area contributed by atoms with Crippen LogP contribution < -0.4 is 10.6 Å². The van der Waals surface area contributed by atoms with Crippen molar-refractivity contribution >= 4 is 11.4 Å². The lowest BCUT2D eigenvalue weighted by molar-refractivity contribution is 0.122. The number of aryl methyl sites for hydroxylation is 1. The Bertz CT molecular complexity index is 333. The van der Waals surface area contributed by atoms with Crippen LogP contribution in [0.5, 0.6) is 0 Å². The fourth-order valence-corrected chi connectivity index (χ4v) is 1.84. The minimum atomic E-state index is 0.823. The van der Waals surface area contributed by atoms with Gasteiger partial charge in [0.25, 0.3) is 0 Å². The Hall–Kier alpha value is -1.22. The van der Waals surface area contributed by atoms with Gasteiger partial charge < -0.3 is 15.4 Å². The van der Waals surface area contributed by atoms with E-state index in [2.05, 4.69) is 31.7 Å². The molecule has 0 amide bonds. The van der Waals surface area contributed by atoms with Gasteiger partial charge in [0.15, 0.2) is 0 Å². The molecule has 17 heavy (non-hydrogen) atoms. The quantitative estimate of drug-likeness (QED) is 0.762. The smallest absolute Gasteiger partial charge is 0.0642 e. The SMILES string of the molecule is CCC.Cc1cc(N)ccc1N1CCOCC1. The number of anilines is 2. The summed E-state index contributed by atoms with van der Waals surface area (Å²) in [7, 11) is 0. The Balaban J connectivity index is 0.000000437. The maximum Gasteiger partial charge on any atom is 0.0642 e. The zero-order valence-electron chi connectivity index (χ0n) is 11.2. The van der Waals surface area contributed by atoms with Crippen molar-refractivity contribution in [1.29, 1.82) is 0 Å². The molecule has 0 radical (unpaired) electrons. The van der Waals surface area contributed by atoms with Crippen LogP contribution in [0, 0.1) is 6.92 Å². The van der Waals surface area contributed by atoms with Gasteiger partial charge in [0.2, 0.25) is 0 Å². The van der Waals surface area contributed by atoms with Gasteiger partial charge in [-0.05, 0) is 30.7 Å². The molecule has 1 aromatic rings. The van der Waals surface area contributed by atoms with Gasteiger partial charge in [0.05, 0.1) is 13.2 Å². The predicted molar refractivity (Wildman–Crippen MR) is 74.6 cm³/mol. The summed E-state index contributed by atoms with van der Waals surface area (Å²) in [5.41, 5.74) is 9.07. The van der Waals surface area contributed by atoms with E-state index in [1.54, 1.807) is 0 Å². The highest BCUT2D eigenvalue weighted by atomic mass is 16.5. The summed E-state index contributed by atoms with van der Waals surface area (Å²) < 4.78 is 5.32. The number of nitrogens with zero attached hydrogens (tertiary/aromatic N) is 1. The van der Waals surface area contributed by atoms with Crippen molar-refractivity contribution in [2.45, 2.75) is 27.2 Å². The molecule has 3 nitrogen and oxygen atoms in total. The number of rotatable bonds is 1. The van der Waals surface area contributed by atoms with Crippen molar-refractivity contribution in [2.75, 3.05) is 36.9 Å². The third kappa shape index (κ3) is 4.27. The second-order valence-corrected chi connectivity index (χ2v) is 4.35. The van der Waals surface area contributed by atoms with E-state index in [1.165, 1.54) is 17.7 Å². The van der Waals surface area contributed by atoms with Crippen LogP contribution in [-0.4, -0.2) is 26.3 Å². The van der Waals surface area contributed by atoms with Crippen LogP contribution in [0.4, 0.5) is 11.4 Å². The molecule has 0 bridgehead atoms. The molecule has 1 heterocycles. The second kappa shape index (κ2) is 7.17. The molecule has 1 saturated heterocycles. The molecule has 0 unspecified atom stereocenters. The molecule has 1 aliphatic rings. The van der Waals surface area contributed by atoms with E-state index < -0.39 is 0 Å². The van der Waals surface area contributed by atoms with E-state index in [-0.39, 0.29) is 0 Å². The van der Waals surface area contributed by atoms with Crippen molar-refractivity contribution in [2.24, 2.45) is 0 Å². The maximum absolute atomic E-state index is 5.71. The van der Waals surface area contributed by atoms with Crippen LogP contribution in [0.15, 0.2) is 18.2 Å². The van der Waals surface area contributed by atoms with Crippen LogP contribution in [0.3, 0.4) is 0 Å². The number of benzene rings is 1. The van der Waals surface area contributed by atoms with Crippen LogP contribution in [0.1, 0.15) is 25.8 Å². The van der Waals surface area contributed by atoms with Crippen molar-refractivity contribution in [3.8, 4) is 0 Å². The molecule has 3 heteroatoms. The van der Waals surface area contributed by atoms with E-state index in [0.29, 0.717) is 0 Å². The Morgan fingerprint density at radius 3 is 2.35 bits per heavy atom. The van der Waals surface area contributed by atoms with E-state index in [9.17, 15) is 0 Å². The van der Waals surface area contributed by atoms with Crippen LogP contribution in [-0.2, 0) is 4.74 Å². The van der Waals surface area contributed by atoms with Crippen molar-refractivity contribution in [3.63, 3.8) is 0 Å². The zero-order valence-corrected chi connectivity index (χ0v) is 11.2. The highest BCUT2D eigenvalue weighted by molar-refractivity contribution is 5.59. The highest BCUT2D eigenvalue weighted by Gasteiger charge is 2.12. The summed E-state index contributed by atoms with van der Waals surface area (Å²) in [4.78, 5) is 2.35. The van der Waals surface area contributed by atoms with Gasteiger partial charge in [-0.3, -0.25) is 0 Å². The first-order valence-electron chi connectivity index (χ1n) is 6.37. The fraction of sp³-hybridized carbons (Fsp3) is 0.571. The average Bonchev–Trinajstić information content (AvgIpc) is 2.31. The van der Waals surface area contributed by atoms with E-state index in [0.717, 1.165) is 32.0 Å². The molecule has 1 aromatic carbocycles. The first-order chi connectivity index (χ1) is 8.19. The summed E-state index contributed by atoms with van der Waals surface area (Å²) in [6.45, 7) is 9.95. The Morgan fingerprint density at radius 1 is 1.24 bits per heavy atom. The lowest BCUT2D eigenvalue weighted by Crippen LogP contribution is -2.36. The lowest BCUT2D eigenvalue weighted by Gasteiger charge is -2.30. The fourth-order valence-electron chi connectivity index (χ4n) is 1.84. The summed E-state index contributed by atoms with van der Waals surface area (Å²) in [5.74, 6) is 0. The van der Waals surface area contributed by atoms with Crippen molar-refractivity contribution < 1.29 is 4.74 Å². The molecule has 2 rings (SSSR count). The molecular formula is C14H24N2O. The molecular weight excluding hydrogens is 212 g/mol. The van der Waals surface area contributed by atoms with Gasteiger partial charge in [-0.15, -0.1) is 0 Å². The minimum absolute atomic E-state index is 0.823. The molecule has 2 N–H and O–H groups in total. The first-order valence-corrected chi connectivity index (χ1v) is 6.37.